The van der Waals surface area contributed by atoms with Crippen molar-refractivity contribution in [2.24, 2.45) is 0 Å². The smallest absolute Gasteiger partial charge is 0.309 e. The van der Waals surface area contributed by atoms with Gasteiger partial charge in [-0.25, -0.2) is 0 Å². The number of nitrogens with one attached hydrogen (secondary N) is 1. The minimum Gasteiger partial charge on any atom is -0.469 e. The Labute approximate surface area is 133 Å². The summed E-state index contributed by atoms with van der Waals surface area (Å²) in [6, 6.07) is 12.9. The average molecular weight is 324 g/mol. The van der Waals surface area contributed by atoms with E-state index in [1.807, 2.05) is 24.3 Å². The van der Waals surface area contributed by atoms with Gasteiger partial charge in [0.05, 0.1) is 24.2 Å². The summed E-state index contributed by atoms with van der Waals surface area (Å²) in [5.74, 6) is -0.261. The number of hydrogen-bond donors (Lipinski definition) is 1. The largest absolute Gasteiger partial charge is 0.469 e. The van der Waals surface area contributed by atoms with Crippen LogP contribution in [-0.2, 0) is 22.5 Å². The fourth-order valence-corrected chi connectivity index (χ4v) is 2.31. The fourth-order valence-electron chi connectivity index (χ4n) is 1.95. The third-order valence-electron chi connectivity index (χ3n) is 3.08. The van der Waals surface area contributed by atoms with Crippen LogP contribution in [0, 0.1) is 0 Å². The number of carbonyl (C=O) groups is 1. The van der Waals surface area contributed by atoms with Crippen LogP contribution in [0.1, 0.15) is 11.1 Å². The highest BCUT2D eigenvalue weighted by molar-refractivity contribution is 6.35. The van der Waals surface area contributed by atoms with E-state index in [-0.39, 0.29) is 12.4 Å². The van der Waals surface area contributed by atoms with Gasteiger partial charge in [0.2, 0.25) is 0 Å². The highest BCUT2D eigenvalue weighted by atomic mass is 35.5. The maximum Gasteiger partial charge on any atom is 0.309 e. The molecule has 0 saturated carbocycles. The van der Waals surface area contributed by atoms with E-state index in [0.717, 1.165) is 16.8 Å². The number of benzene rings is 2. The number of rotatable bonds is 5. The van der Waals surface area contributed by atoms with Crippen molar-refractivity contribution < 1.29 is 9.53 Å². The SMILES string of the molecule is COC(=O)Cc1ccccc1CNc1cc(Cl)ccc1Cl. The second kappa shape index (κ2) is 7.34. The maximum atomic E-state index is 11.4. The number of esters is 1. The van der Waals surface area contributed by atoms with Crippen LogP contribution in [-0.4, -0.2) is 13.1 Å². The molecule has 2 aromatic rings. The lowest BCUT2D eigenvalue weighted by Gasteiger charge is -2.12. The lowest BCUT2D eigenvalue weighted by Crippen LogP contribution is -2.09. The molecule has 0 unspecified atom stereocenters. The summed E-state index contributed by atoms with van der Waals surface area (Å²) in [6.07, 6.45) is 0.248. The molecule has 0 aromatic heterocycles. The Kier molecular flexibility index (Phi) is 5.48. The van der Waals surface area contributed by atoms with Gasteiger partial charge in [0.1, 0.15) is 0 Å². The summed E-state index contributed by atoms with van der Waals surface area (Å²) in [5, 5.41) is 4.45. The van der Waals surface area contributed by atoms with E-state index < -0.39 is 0 Å². The van der Waals surface area contributed by atoms with Crippen molar-refractivity contribution in [3.63, 3.8) is 0 Å². The van der Waals surface area contributed by atoms with Crippen molar-refractivity contribution in [3.05, 3.63) is 63.6 Å². The molecule has 0 fully saturated rings. The summed E-state index contributed by atoms with van der Waals surface area (Å²) in [5.41, 5.74) is 2.70. The molecule has 0 radical (unpaired) electrons. The molecule has 2 rings (SSSR count). The number of halogens is 2. The van der Waals surface area contributed by atoms with Gasteiger partial charge in [-0.1, -0.05) is 47.5 Å². The summed E-state index contributed by atoms with van der Waals surface area (Å²) in [4.78, 5) is 11.4. The topological polar surface area (TPSA) is 38.3 Å². The van der Waals surface area contributed by atoms with Crippen LogP contribution in [0.3, 0.4) is 0 Å². The zero-order valence-electron chi connectivity index (χ0n) is 11.5. The number of methoxy groups -OCH3 is 1. The number of hydrogen-bond acceptors (Lipinski definition) is 3. The molecule has 1 N–H and O–H groups in total. The standard InChI is InChI=1S/C16H15Cl2NO2/c1-21-16(20)8-11-4-2-3-5-12(11)10-19-15-9-13(17)6-7-14(15)18/h2-7,9,19H,8,10H2,1H3. The van der Waals surface area contributed by atoms with Gasteiger partial charge in [0.25, 0.3) is 0 Å². The molecule has 2 aromatic carbocycles. The number of carbonyl (C=O) groups excluding carboxylic acids is 1. The van der Waals surface area contributed by atoms with Crippen molar-refractivity contribution in [1.82, 2.24) is 0 Å². The van der Waals surface area contributed by atoms with Crippen LogP contribution in [0.15, 0.2) is 42.5 Å². The molecule has 3 nitrogen and oxygen atoms in total. The Balaban J connectivity index is 2.13. The van der Waals surface area contributed by atoms with Crippen LogP contribution < -0.4 is 5.32 Å². The number of anilines is 1. The Bertz CT molecular complexity index is 644. The molecule has 110 valence electrons. The van der Waals surface area contributed by atoms with E-state index >= 15 is 0 Å². The molecule has 0 spiro atoms. The Morgan fingerprint density at radius 1 is 1.14 bits per heavy atom. The first kappa shape index (κ1) is 15.7. The summed E-state index contributed by atoms with van der Waals surface area (Å²) >= 11 is 12.1. The molecule has 0 amide bonds. The highest BCUT2D eigenvalue weighted by Crippen LogP contribution is 2.26. The zero-order valence-corrected chi connectivity index (χ0v) is 13.0. The highest BCUT2D eigenvalue weighted by Gasteiger charge is 2.08. The molecule has 5 heteroatoms. The second-order valence-corrected chi connectivity index (χ2v) is 5.34. The average Bonchev–Trinajstić information content (AvgIpc) is 2.49. The van der Waals surface area contributed by atoms with Gasteiger partial charge in [0.15, 0.2) is 0 Å². The van der Waals surface area contributed by atoms with Crippen LogP contribution in [0.4, 0.5) is 5.69 Å². The van der Waals surface area contributed by atoms with Crippen LogP contribution in [0.5, 0.6) is 0 Å². The predicted molar refractivity (Wildman–Crippen MR) is 86.0 cm³/mol. The van der Waals surface area contributed by atoms with E-state index in [4.69, 9.17) is 27.9 Å². The lowest BCUT2D eigenvalue weighted by molar-refractivity contribution is -0.139. The maximum absolute atomic E-state index is 11.4. The third kappa shape index (κ3) is 4.38. The van der Waals surface area contributed by atoms with Gasteiger partial charge in [0, 0.05) is 11.6 Å². The molecule has 0 atom stereocenters. The monoisotopic (exact) mass is 323 g/mol. The van der Waals surface area contributed by atoms with Gasteiger partial charge >= 0.3 is 5.97 Å². The minimum absolute atomic E-state index is 0.248. The van der Waals surface area contributed by atoms with E-state index in [9.17, 15) is 4.79 Å². The molecule has 21 heavy (non-hydrogen) atoms. The molecular formula is C16H15Cl2NO2. The zero-order chi connectivity index (χ0) is 15.2. The van der Waals surface area contributed by atoms with Crippen molar-refractivity contribution in [2.75, 3.05) is 12.4 Å². The van der Waals surface area contributed by atoms with Crippen molar-refractivity contribution in [2.45, 2.75) is 13.0 Å². The van der Waals surface area contributed by atoms with Crippen LogP contribution in [0.2, 0.25) is 10.0 Å². The molecule has 0 saturated heterocycles. The Morgan fingerprint density at radius 3 is 2.57 bits per heavy atom. The van der Waals surface area contributed by atoms with Gasteiger partial charge in [-0.15, -0.1) is 0 Å². The van der Waals surface area contributed by atoms with Gasteiger partial charge in [-0.2, -0.15) is 0 Å². The predicted octanol–water partition coefficient (Wildman–Crippen LogP) is 4.32. The molecule has 0 aliphatic heterocycles. The number of ether oxygens (including phenoxy) is 1. The molecular weight excluding hydrogens is 309 g/mol. The first-order valence-corrected chi connectivity index (χ1v) is 7.18. The second-order valence-electron chi connectivity index (χ2n) is 4.50. The Morgan fingerprint density at radius 2 is 1.86 bits per heavy atom. The normalized spacial score (nSPS) is 10.2. The van der Waals surface area contributed by atoms with E-state index in [1.165, 1.54) is 7.11 Å². The van der Waals surface area contributed by atoms with E-state index in [2.05, 4.69) is 5.32 Å². The lowest BCUT2D eigenvalue weighted by atomic mass is 10.0. The van der Waals surface area contributed by atoms with Gasteiger partial charge in [-0.05, 0) is 29.3 Å². The first-order chi connectivity index (χ1) is 10.1. The molecule has 0 heterocycles. The van der Waals surface area contributed by atoms with Gasteiger partial charge < -0.3 is 10.1 Å². The van der Waals surface area contributed by atoms with Crippen LogP contribution >= 0.6 is 23.2 Å². The summed E-state index contributed by atoms with van der Waals surface area (Å²) < 4.78 is 4.71. The van der Waals surface area contributed by atoms with Crippen molar-refractivity contribution in [3.8, 4) is 0 Å². The Hall–Kier alpha value is -1.71. The molecule has 0 bridgehead atoms. The quantitative estimate of drug-likeness (QED) is 0.833. The first-order valence-electron chi connectivity index (χ1n) is 6.42. The molecule has 0 aliphatic rings. The van der Waals surface area contributed by atoms with Crippen molar-refractivity contribution in [1.29, 1.82) is 0 Å². The summed E-state index contributed by atoms with van der Waals surface area (Å²) in [7, 11) is 1.38. The van der Waals surface area contributed by atoms with Crippen LogP contribution in [0.25, 0.3) is 0 Å². The van der Waals surface area contributed by atoms with Crippen molar-refractivity contribution >= 4 is 34.9 Å². The third-order valence-corrected chi connectivity index (χ3v) is 3.64. The summed E-state index contributed by atoms with van der Waals surface area (Å²) in [6.45, 7) is 0.549. The minimum atomic E-state index is -0.261. The van der Waals surface area contributed by atoms with E-state index in [1.54, 1.807) is 18.2 Å². The molecule has 0 aliphatic carbocycles. The fraction of sp³-hybridized carbons (Fsp3) is 0.188. The van der Waals surface area contributed by atoms with Gasteiger partial charge in [-0.3, -0.25) is 4.79 Å². The van der Waals surface area contributed by atoms with E-state index in [0.29, 0.717) is 16.6 Å².